The maximum atomic E-state index is 13.7. The molecule has 0 spiro atoms. The number of hydrogen-bond acceptors (Lipinski definition) is 6. The van der Waals surface area contributed by atoms with Crippen LogP contribution in [0.1, 0.15) is 67.9 Å². The molecule has 0 radical (unpaired) electrons. The fourth-order valence-corrected chi connectivity index (χ4v) is 5.35. The SMILES string of the molecule is CC1CCC(C(=O)N(c2ccc(Oc3ncc(CS(C)(=O)=O)cc3C(F)(F)F)cc2C(=O)O)C(C)C)CC1. The second-order valence-corrected chi connectivity index (χ2v) is 12.2. The Morgan fingerprint density at radius 2 is 1.79 bits per heavy atom. The van der Waals surface area contributed by atoms with Crippen LogP contribution in [0.3, 0.4) is 0 Å². The van der Waals surface area contributed by atoms with Crippen LogP contribution in [-0.2, 0) is 26.6 Å². The van der Waals surface area contributed by atoms with Gasteiger partial charge in [-0.25, -0.2) is 18.2 Å². The minimum absolute atomic E-state index is 0.121. The van der Waals surface area contributed by atoms with Crippen molar-refractivity contribution in [1.82, 2.24) is 4.98 Å². The van der Waals surface area contributed by atoms with Crippen LogP contribution in [0.5, 0.6) is 11.6 Å². The molecule has 1 aliphatic carbocycles. The van der Waals surface area contributed by atoms with Crippen molar-refractivity contribution in [2.45, 2.75) is 64.4 Å². The summed E-state index contributed by atoms with van der Waals surface area (Å²) in [7, 11) is -3.61. The van der Waals surface area contributed by atoms with Gasteiger partial charge in [-0.15, -0.1) is 0 Å². The molecule has 1 fully saturated rings. The Kier molecular flexibility index (Phi) is 8.75. The smallest absolute Gasteiger partial charge is 0.421 e. The van der Waals surface area contributed by atoms with Crippen molar-refractivity contribution < 1.29 is 41.0 Å². The molecule has 0 unspecified atom stereocenters. The first-order valence-corrected chi connectivity index (χ1v) is 14.2. The molecule has 0 bridgehead atoms. The maximum Gasteiger partial charge on any atom is 0.421 e. The molecular formula is C26H31F3N2O6S. The highest BCUT2D eigenvalue weighted by molar-refractivity contribution is 7.89. The number of carboxylic acid groups (broad SMARTS) is 1. The molecule has 3 rings (SSSR count). The molecule has 1 saturated carbocycles. The Hall–Kier alpha value is -3.15. The normalized spacial score (nSPS) is 18.3. The molecule has 1 aliphatic rings. The second kappa shape index (κ2) is 11.3. The number of hydrogen-bond donors (Lipinski definition) is 1. The predicted octanol–water partition coefficient (Wildman–Crippen LogP) is 5.70. The number of aromatic nitrogens is 1. The highest BCUT2D eigenvalue weighted by Crippen LogP contribution is 2.39. The number of ether oxygens (including phenoxy) is 1. The summed E-state index contributed by atoms with van der Waals surface area (Å²) in [6, 6.07) is 3.94. The van der Waals surface area contributed by atoms with Gasteiger partial charge in [0, 0.05) is 24.4 Å². The van der Waals surface area contributed by atoms with Crippen molar-refractivity contribution in [1.29, 1.82) is 0 Å². The van der Waals surface area contributed by atoms with Crippen LogP contribution in [0.25, 0.3) is 0 Å². The summed E-state index contributed by atoms with van der Waals surface area (Å²) in [5, 5.41) is 9.90. The summed E-state index contributed by atoms with van der Waals surface area (Å²) < 4.78 is 69.5. The topological polar surface area (TPSA) is 114 Å². The first-order chi connectivity index (χ1) is 17.6. The second-order valence-electron chi connectivity index (χ2n) is 10.1. The quantitative estimate of drug-likeness (QED) is 0.443. The first-order valence-electron chi connectivity index (χ1n) is 12.2. The van der Waals surface area contributed by atoms with E-state index in [0.29, 0.717) is 24.8 Å². The number of benzene rings is 1. The van der Waals surface area contributed by atoms with Gasteiger partial charge in [0.25, 0.3) is 0 Å². The lowest BCUT2D eigenvalue weighted by atomic mass is 9.82. The van der Waals surface area contributed by atoms with E-state index in [2.05, 4.69) is 11.9 Å². The van der Waals surface area contributed by atoms with Crippen LogP contribution in [0.2, 0.25) is 0 Å². The van der Waals surface area contributed by atoms with Crippen LogP contribution in [0.15, 0.2) is 30.5 Å². The van der Waals surface area contributed by atoms with Crippen LogP contribution < -0.4 is 9.64 Å². The summed E-state index contributed by atoms with van der Waals surface area (Å²) in [4.78, 5) is 30.6. The van der Waals surface area contributed by atoms with E-state index in [9.17, 15) is 36.3 Å². The Bertz CT molecular complexity index is 1300. The monoisotopic (exact) mass is 556 g/mol. The van der Waals surface area contributed by atoms with Crippen molar-refractivity contribution in [2.75, 3.05) is 11.2 Å². The van der Waals surface area contributed by atoms with E-state index in [-0.39, 0.29) is 40.4 Å². The van der Waals surface area contributed by atoms with Gasteiger partial charge < -0.3 is 14.7 Å². The van der Waals surface area contributed by atoms with Gasteiger partial charge >= 0.3 is 12.1 Å². The Balaban J connectivity index is 1.98. The molecule has 38 heavy (non-hydrogen) atoms. The molecule has 208 valence electrons. The maximum absolute atomic E-state index is 13.7. The van der Waals surface area contributed by atoms with Gasteiger partial charge in [-0.2, -0.15) is 13.2 Å². The molecule has 2 aromatic rings. The van der Waals surface area contributed by atoms with Gasteiger partial charge in [0.1, 0.15) is 11.3 Å². The number of halogens is 3. The number of carbonyl (C=O) groups is 2. The van der Waals surface area contributed by atoms with Crippen molar-refractivity contribution in [3.63, 3.8) is 0 Å². The number of anilines is 1. The van der Waals surface area contributed by atoms with E-state index >= 15 is 0 Å². The van der Waals surface area contributed by atoms with Crippen LogP contribution in [0, 0.1) is 11.8 Å². The molecule has 8 nitrogen and oxygen atoms in total. The summed E-state index contributed by atoms with van der Waals surface area (Å²) in [5.74, 6) is -3.02. The van der Waals surface area contributed by atoms with E-state index in [1.165, 1.54) is 17.0 Å². The summed E-state index contributed by atoms with van der Waals surface area (Å²) in [6.07, 6.45) is 0.143. The van der Waals surface area contributed by atoms with E-state index in [1.807, 2.05) is 0 Å². The average molecular weight is 557 g/mol. The number of carbonyl (C=O) groups excluding carboxylic acids is 1. The lowest BCUT2D eigenvalue weighted by Crippen LogP contribution is -2.42. The zero-order chi connectivity index (χ0) is 28.4. The van der Waals surface area contributed by atoms with Gasteiger partial charge in [-0.1, -0.05) is 6.92 Å². The van der Waals surface area contributed by atoms with E-state index in [0.717, 1.165) is 31.4 Å². The number of sulfone groups is 1. The highest BCUT2D eigenvalue weighted by Gasteiger charge is 2.37. The molecule has 1 aromatic heterocycles. The lowest BCUT2D eigenvalue weighted by molar-refractivity contribution is -0.139. The minimum Gasteiger partial charge on any atom is -0.478 e. The Labute approximate surface area is 219 Å². The van der Waals surface area contributed by atoms with E-state index in [1.54, 1.807) is 13.8 Å². The molecule has 0 aliphatic heterocycles. The Morgan fingerprint density at radius 3 is 2.32 bits per heavy atom. The van der Waals surface area contributed by atoms with Gasteiger partial charge in [-0.3, -0.25) is 4.79 Å². The molecular weight excluding hydrogens is 525 g/mol. The zero-order valence-electron chi connectivity index (χ0n) is 21.6. The summed E-state index contributed by atoms with van der Waals surface area (Å²) >= 11 is 0. The number of carboxylic acids is 1. The average Bonchev–Trinajstić information content (AvgIpc) is 2.79. The number of amides is 1. The third kappa shape index (κ3) is 7.24. The lowest BCUT2D eigenvalue weighted by Gasteiger charge is -2.34. The van der Waals surface area contributed by atoms with Crippen molar-refractivity contribution in [2.24, 2.45) is 11.8 Å². The summed E-state index contributed by atoms with van der Waals surface area (Å²) in [5.41, 5.74) is -1.66. The third-order valence-corrected chi connectivity index (χ3v) is 7.29. The molecule has 1 amide bonds. The highest BCUT2D eigenvalue weighted by atomic mass is 32.2. The van der Waals surface area contributed by atoms with E-state index < -0.39 is 39.2 Å². The fraction of sp³-hybridized carbons (Fsp3) is 0.500. The molecule has 0 saturated heterocycles. The van der Waals surface area contributed by atoms with Gasteiger partial charge in [0.05, 0.1) is 17.0 Å². The van der Waals surface area contributed by atoms with Crippen LogP contribution in [-0.4, -0.2) is 42.7 Å². The van der Waals surface area contributed by atoms with E-state index in [4.69, 9.17) is 4.74 Å². The number of rotatable bonds is 8. The minimum atomic E-state index is -4.91. The fourth-order valence-electron chi connectivity index (χ4n) is 4.59. The molecule has 1 N–H and O–H groups in total. The van der Waals surface area contributed by atoms with Gasteiger partial charge in [0.15, 0.2) is 9.84 Å². The Morgan fingerprint density at radius 1 is 1.16 bits per heavy atom. The standard InChI is InChI=1S/C26H31F3N2O6S/c1-15(2)31(24(32)18-7-5-16(3)6-8-18)22-10-9-19(12-20(22)25(33)34)37-23-21(26(27,28)29)11-17(13-30-23)14-38(4,35)36/h9-13,15-16,18H,5-8,14H2,1-4H3,(H,33,34). The molecule has 0 atom stereocenters. The number of pyridine rings is 1. The van der Waals surface area contributed by atoms with Crippen LogP contribution in [0.4, 0.5) is 18.9 Å². The predicted molar refractivity (Wildman–Crippen MR) is 135 cm³/mol. The van der Waals surface area contributed by atoms with Gasteiger partial charge in [-0.05, 0) is 75.3 Å². The third-order valence-electron chi connectivity index (χ3n) is 6.43. The summed E-state index contributed by atoms with van der Waals surface area (Å²) in [6.45, 7) is 5.65. The largest absolute Gasteiger partial charge is 0.478 e. The molecule has 1 heterocycles. The van der Waals surface area contributed by atoms with Crippen LogP contribution >= 0.6 is 0 Å². The van der Waals surface area contributed by atoms with Crippen molar-refractivity contribution in [3.05, 3.63) is 47.2 Å². The number of aromatic carboxylic acids is 1. The first kappa shape index (κ1) is 29.4. The zero-order valence-corrected chi connectivity index (χ0v) is 22.4. The molecule has 1 aromatic carbocycles. The number of nitrogens with zero attached hydrogens (tertiary/aromatic N) is 2. The molecule has 12 heteroatoms. The van der Waals surface area contributed by atoms with Gasteiger partial charge in [0.2, 0.25) is 11.8 Å². The van der Waals surface area contributed by atoms with Crippen molar-refractivity contribution >= 4 is 27.4 Å². The number of alkyl halides is 3. The van der Waals surface area contributed by atoms with Crippen molar-refractivity contribution in [3.8, 4) is 11.6 Å².